The van der Waals surface area contributed by atoms with E-state index in [4.69, 9.17) is 4.74 Å². The van der Waals surface area contributed by atoms with Crippen LogP contribution in [0.3, 0.4) is 0 Å². The second kappa shape index (κ2) is 6.56. The minimum absolute atomic E-state index is 0.333. The Kier molecular flexibility index (Phi) is 4.10. The Labute approximate surface area is 147 Å². The van der Waals surface area contributed by atoms with Gasteiger partial charge in [-0.25, -0.2) is 14.4 Å². The number of nitrogens with one attached hydrogen (secondary N) is 1. The molecule has 3 heterocycles. The third-order valence-electron chi connectivity index (χ3n) is 3.69. The highest BCUT2D eigenvalue weighted by atomic mass is 32.2. The number of nitrogens with zero attached hydrogens (tertiary/aromatic N) is 4. The monoisotopic (exact) mass is 355 g/mol. The van der Waals surface area contributed by atoms with Crippen LogP contribution >= 0.6 is 11.8 Å². The fraction of sp³-hybridized carbons (Fsp3) is 0.118. The summed E-state index contributed by atoms with van der Waals surface area (Å²) in [5.41, 5.74) is 2.66. The minimum Gasteiger partial charge on any atom is -0.497 e. The second-order valence-corrected chi connectivity index (χ2v) is 6.27. The number of fused-ring (bicyclic) bond motifs is 1. The summed E-state index contributed by atoms with van der Waals surface area (Å²) >= 11 is 1.50. The van der Waals surface area contributed by atoms with E-state index in [1.54, 1.807) is 48.7 Å². The molecule has 3 aromatic heterocycles. The van der Waals surface area contributed by atoms with Gasteiger partial charge in [0.2, 0.25) is 0 Å². The normalized spacial score (nSPS) is 11.1. The number of aromatic amines is 1. The van der Waals surface area contributed by atoms with Gasteiger partial charge in [0.15, 0.2) is 5.16 Å². The van der Waals surface area contributed by atoms with Gasteiger partial charge in [-0.2, -0.15) is 0 Å². The molecule has 0 saturated heterocycles. The van der Waals surface area contributed by atoms with Crippen LogP contribution in [0.2, 0.25) is 0 Å². The number of benzene rings is 1. The average Bonchev–Trinajstić information content (AvgIpc) is 3.28. The summed E-state index contributed by atoms with van der Waals surface area (Å²) in [7, 11) is 1.62. The number of rotatable bonds is 5. The van der Waals surface area contributed by atoms with Crippen molar-refractivity contribution in [2.45, 2.75) is 10.9 Å². The minimum atomic E-state index is -0.333. The Morgan fingerprint density at radius 2 is 2.20 bits per heavy atom. The Hall–Kier alpha value is -2.87. The molecule has 8 heteroatoms. The lowest BCUT2D eigenvalue weighted by molar-refractivity contribution is 0.413. The van der Waals surface area contributed by atoms with Crippen LogP contribution in [0.5, 0.6) is 5.75 Å². The third-order valence-corrected chi connectivity index (χ3v) is 4.60. The summed E-state index contributed by atoms with van der Waals surface area (Å²) in [6.45, 7) is 0. The number of thioether (sulfide) groups is 1. The molecular formula is C17H14FN5OS. The molecular weight excluding hydrogens is 341 g/mol. The molecule has 0 bridgehead atoms. The Morgan fingerprint density at radius 3 is 3.00 bits per heavy atom. The van der Waals surface area contributed by atoms with Crippen molar-refractivity contribution >= 4 is 22.8 Å². The lowest BCUT2D eigenvalue weighted by atomic mass is 10.2. The van der Waals surface area contributed by atoms with Crippen molar-refractivity contribution in [1.82, 2.24) is 24.5 Å². The zero-order valence-corrected chi connectivity index (χ0v) is 14.1. The van der Waals surface area contributed by atoms with Crippen molar-refractivity contribution in [1.29, 1.82) is 0 Å². The predicted molar refractivity (Wildman–Crippen MR) is 93.5 cm³/mol. The number of pyridine rings is 1. The largest absolute Gasteiger partial charge is 0.497 e. The average molecular weight is 355 g/mol. The molecule has 1 N–H and O–H groups in total. The third kappa shape index (κ3) is 3.20. The van der Waals surface area contributed by atoms with E-state index in [0.717, 1.165) is 11.4 Å². The molecule has 0 spiro atoms. The SMILES string of the molecule is COc1ccnc(CSc2nc3cc(-n4ccnc4)c(F)cc3[nH]2)c1. The molecule has 0 aliphatic carbocycles. The maximum absolute atomic E-state index is 14.3. The highest BCUT2D eigenvalue weighted by Gasteiger charge is 2.11. The molecule has 0 saturated carbocycles. The van der Waals surface area contributed by atoms with E-state index in [9.17, 15) is 4.39 Å². The van der Waals surface area contributed by atoms with E-state index in [1.165, 1.54) is 17.8 Å². The van der Waals surface area contributed by atoms with Crippen LogP contribution in [0.1, 0.15) is 5.69 Å². The van der Waals surface area contributed by atoms with Gasteiger partial charge in [0, 0.05) is 36.5 Å². The summed E-state index contributed by atoms with van der Waals surface area (Å²) in [4.78, 5) is 15.9. The highest BCUT2D eigenvalue weighted by molar-refractivity contribution is 7.98. The standard InChI is InChI=1S/C17H14FN5OS/c1-24-12-2-3-20-11(6-12)9-25-17-21-14-7-13(18)16(8-15(14)22-17)23-5-4-19-10-23/h2-8,10H,9H2,1H3,(H,21,22). The molecule has 4 rings (SSSR count). The molecule has 0 fully saturated rings. The van der Waals surface area contributed by atoms with Crippen molar-refractivity contribution in [2.75, 3.05) is 7.11 Å². The smallest absolute Gasteiger partial charge is 0.166 e. The maximum atomic E-state index is 14.3. The van der Waals surface area contributed by atoms with Gasteiger partial charge in [-0.05, 0) is 12.1 Å². The summed E-state index contributed by atoms with van der Waals surface area (Å²) in [5.74, 6) is 1.07. The lowest BCUT2D eigenvalue weighted by Crippen LogP contribution is -1.94. The molecule has 1 aromatic carbocycles. The molecule has 0 amide bonds. The zero-order valence-electron chi connectivity index (χ0n) is 13.3. The first-order valence-corrected chi connectivity index (χ1v) is 8.51. The lowest BCUT2D eigenvalue weighted by Gasteiger charge is -2.03. The first kappa shape index (κ1) is 15.6. The quantitative estimate of drug-likeness (QED) is 0.554. The van der Waals surface area contributed by atoms with Crippen molar-refractivity contribution < 1.29 is 9.13 Å². The van der Waals surface area contributed by atoms with Crippen LogP contribution in [0.25, 0.3) is 16.7 Å². The van der Waals surface area contributed by atoms with Gasteiger partial charge in [0.25, 0.3) is 0 Å². The van der Waals surface area contributed by atoms with E-state index in [-0.39, 0.29) is 5.82 Å². The number of hydrogen-bond acceptors (Lipinski definition) is 5. The van der Waals surface area contributed by atoms with Crippen molar-refractivity contribution in [3.63, 3.8) is 0 Å². The molecule has 0 atom stereocenters. The maximum Gasteiger partial charge on any atom is 0.166 e. The van der Waals surface area contributed by atoms with E-state index in [2.05, 4.69) is 19.9 Å². The van der Waals surface area contributed by atoms with Crippen LogP contribution < -0.4 is 4.74 Å². The van der Waals surface area contributed by atoms with Crippen LogP contribution in [0.4, 0.5) is 4.39 Å². The molecule has 6 nitrogen and oxygen atoms in total. The van der Waals surface area contributed by atoms with Crippen molar-refractivity contribution in [3.8, 4) is 11.4 Å². The van der Waals surface area contributed by atoms with Gasteiger partial charge in [0.05, 0.1) is 35.9 Å². The van der Waals surface area contributed by atoms with Crippen LogP contribution in [0, 0.1) is 5.82 Å². The van der Waals surface area contributed by atoms with Gasteiger partial charge in [-0.15, -0.1) is 0 Å². The van der Waals surface area contributed by atoms with Crippen molar-refractivity contribution in [2.24, 2.45) is 0 Å². The molecule has 25 heavy (non-hydrogen) atoms. The molecule has 0 aliphatic rings. The van der Waals surface area contributed by atoms with Gasteiger partial charge < -0.3 is 14.3 Å². The first-order valence-electron chi connectivity index (χ1n) is 7.52. The van der Waals surface area contributed by atoms with Gasteiger partial charge >= 0.3 is 0 Å². The Balaban J connectivity index is 1.58. The number of ether oxygens (including phenoxy) is 1. The van der Waals surface area contributed by atoms with Gasteiger partial charge in [-0.1, -0.05) is 11.8 Å². The molecule has 0 aliphatic heterocycles. The van der Waals surface area contributed by atoms with Gasteiger partial charge in [0.1, 0.15) is 11.6 Å². The fourth-order valence-corrected chi connectivity index (χ4v) is 3.26. The number of methoxy groups -OCH3 is 1. The number of halogens is 1. The van der Waals surface area contributed by atoms with Crippen LogP contribution in [-0.4, -0.2) is 31.6 Å². The van der Waals surface area contributed by atoms with E-state index in [1.807, 2.05) is 6.07 Å². The van der Waals surface area contributed by atoms with E-state index >= 15 is 0 Å². The van der Waals surface area contributed by atoms with Crippen molar-refractivity contribution in [3.05, 3.63) is 60.7 Å². The fourth-order valence-electron chi connectivity index (χ4n) is 2.47. The van der Waals surface area contributed by atoms with Crippen LogP contribution in [-0.2, 0) is 5.75 Å². The summed E-state index contributed by atoms with van der Waals surface area (Å²) in [6, 6.07) is 6.84. The molecule has 126 valence electrons. The first-order chi connectivity index (χ1) is 12.2. The number of aromatic nitrogens is 5. The highest BCUT2D eigenvalue weighted by Crippen LogP contribution is 2.26. The summed E-state index contributed by atoms with van der Waals surface area (Å²) < 4.78 is 21.1. The molecule has 0 unspecified atom stereocenters. The number of hydrogen-bond donors (Lipinski definition) is 1. The molecule has 4 aromatic rings. The van der Waals surface area contributed by atoms with Crippen LogP contribution in [0.15, 0.2) is 54.3 Å². The number of H-pyrrole nitrogens is 1. The summed E-state index contributed by atoms with van der Waals surface area (Å²) in [5, 5.41) is 0.710. The zero-order chi connectivity index (χ0) is 17.2. The Bertz CT molecular complexity index is 1020. The topological polar surface area (TPSA) is 68.6 Å². The van der Waals surface area contributed by atoms with E-state index in [0.29, 0.717) is 27.6 Å². The second-order valence-electron chi connectivity index (χ2n) is 5.31. The number of imidazole rings is 2. The Morgan fingerprint density at radius 1 is 1.28 bits per heavy atom. The summed E-state index contributed by atoms with van der Waals surface area (Å²) in [6.07, 6.45) is 6.57. The van der Waals surface area contributed by atoms with Gasteiger partial charge in [-0.3, -0.25) is 4.98 Å². The predicted octanol–water partition coefficient (Wildman–Crippen LogP) is 3.58. The van der Waals surface area contributed by atoms with E-state index < -0.39 is 0 Å². The molecule has 0 radical (unpaired) electrons.